The van der Waals surface area contributed by atoms with E-state index >= 15 is 0 Å². The average Bonchev–Trinajstić information content (AvgIpc) is 3.44. The molecule has 0 aliphatic carbocycles. The molecule has 7 aromatic rings. The standard InChI is InChI=1S/C35H27N3/c1-5-24-9-13-31-29(19-24)30-20-25(6-2)10-14-32(30)37(31)26-15-16-36-35(21-26)38-33-11-7-22(3)17-27(33)28-18-23(4)8-12-34(28)38/h5-21H,1-2H2,3-4H3. The molecule has 0 radical (unpaired) electrons. The number of hydrogen-bond acceptors (Lipinski definition) is 1. The van der Waals surface area contributed by atoms with Crippen LogP contribution in [0.15, 0.2) is 104 Å². The molecular formula is C35H27N3. The summed E-state index contributed by atoms with van der Waals surface area (Å²) < 4.78 is 4.62. The highest BCUT2D eigenvalue weighted by atomic mass is 15.1. The van der Waals surface area contributed by atoms with Crippen LogP contribution in [0.4, 0.5) is 0 Å². The molecule has 4 aromatic carbocycles. The van der Waals surface area contributed by atoms with Gasteiger partial charge in [-0.2, -0.15) is 0 Å². The van der Waals surface area contributed by atoms with Gasteiger partial charge in [0.05, 0.1) is 27.8 Å². The molecule has 3 nitrogen and oxygen atoms in total. The SMILES string of the molecule is C=Cc1ccc2c(c1)c1cc(C=C)ccc1n2-c1ccnc(-n2c3ccc(C)cc3c3cc(C)ccc32)c1. The number of aryl methyl sites for hydroxylation is 2. The van der Waals surface area contributed by atoms with Gasteiger partial charge in [-0.25, -0.2) is 4.98 Å². The summed E-state index contributed by atoms with van der Waals surface area (Å²) in [6.07, 6.45) is 5.71. The third-order valence-electron chi connectivity index (χ3n) is 7.58. The van der Waals surface area contributed by atoms with Crippen molar-refractivity contribution in [1.29, 1.82) is 0 Å². The highest BCUT2D eigenvalue weighted by molar-refractivity contribution is 6.11. The zero-order chi connectivity index (χ0) is 26.0. The minimum absolute atomic E-state index is 0.899. The Morgan fingerprint density at radius 3 is 1.55 bits per heavy atom. The van der Waals surface area contributed by atoms with Crippen LogP contribution in [-0.2, 0) is 0 Å². The average molecular weight is 490 g/mol. The summed E-state index contributed by atoms with van der Waals surface area (Å²) in [5.41, 5.74) is 10.4. The lowest BCUT2D eigenvalue weighted by molar-refractivity contribution is 1.06. The number of fused-ring (bicyclic) bond motifs is 6. The first-order valence-electron chi connectivity index (χ1n) is 12.9. The largest absolute Gasteiger partial charge is 0.309 e. The molecule has 0 fully saturated rings. The number of pyridine rings is 1. The van der Waals surface area contributed by atoms with Crippen molar-refractivity contribution in [3.05, 3.63) is 127 Å². The van der Waals surface area contributed by atoms with E-state index in [4.69, 9.17) is 4.98 Å². The molecule has 3 heteroatoms. The van der Waals surface area contributed by atoms with Gasteiger partial charge in [-0.1, -0.05) is 60.7 Å². The molecule has 0 N–H and O–H groups in total. The van der Waals surface area contributed by atoms with E-state index < -0.39 is 0 Å². The Kier molecular flexibility index (Phi) is 4.89. The van der Waals surface area contributed by atoms with Crippen molar-refractivity contribution in [1.82, 2.24) is 14.1 Å². The maximum absolute atomic E-state index is 4.87. The second-order valence-corrected chi connectivity index (χ2v) is 10.0. The highest BCUT2D eigenvalue weighted by Crippen LogP contribution is 2.36. The second kappa shape index (κ2) is 8.32. The summed E-state index contributed by atoms with van der Waals surface area (Å²) in [5, 5.41) is 4.90. The van der Waals surface area contributed by atoms with Gasteiger partial charge in [0.25, 0.3) is 0 Å². The van der Waals surface area contributed by atoms with Crippen LogP contribution in [0.3, 0.4) is 0 Å². The predicted octanol–water partition coefficient (Wildman–Crippen LogP) is 9.18. The van der Waals surface area contributed by atoms with Crippen LogP contribution < -0.4 is 0 Å². The molecule has 0 saturated heterocycles. The van der Waals surface area contributed by atoms with E-state index in [0.717, 1.165) is 44.7 Å². The molecule has 0 amide bonds. The van der Waals surface area contributed by atoms with Crippen LogP contribution in [0, 0.1) is 13.8 Å². The Hall–Kier alpha value is -4.89. The third-order valence-corrected chi connectivity index (χ3v) is 7.58. The summed E-state index contributed by atoms with van der Waals surface area (Å²) in [7, 11) is 0. The Morgan fingerprint density at radius 1 is 0.553 bits per heavy atom. The Labute approximate surface area is 221 Å². The molecule has 7 rings (SSSR count). The third kappa shape index (κ3) is 3.25. The molecule has 38 heavy (non-hydrogen) atoms. The summed E-state index contributed by atoms with van der Waals surface area (Å²) in [4.78, 5) is 4.87. The van der Waals surface area contributed by atoms with E-state index in [2.05, 4.69) is 121 Å². The van der Waals surface area contributed by atoms with E-state index in [1.54, 1.807) is 0 Å². The molecule has 0 bridgehead atoms. The fourth-order valence-corrected chi connectivity index (χ4v) is 5.76. The lowest BCUT2D eigenvalue weighted by Crippen LogP contribution is -2.01. The van der Waals surface area contributed by atoms with Gasteiger partial charge < -0.3 is 4.57 Å². The minimum Gasteiger partial charge on any atom is -0.309 e. The van der Waals surface area contributed by atoms with E-state index in [1.165, 1.54) is 32.7 Å². The molecule has 3 aromatic heterocycles. The number of hydrogen-bond donors (Lipinski definition) is 0. The summed E-state index contributed by atoms with van der Waals surface area (Å²) in [6, 6.07) is 30.7. The van der Waals surface area contributed by atoms with Gasteiger partial charge in [0.2, 0.25) is 0 Å². The first-order valence-corrected chi connectivity index (χ1v) is 12.9. The zero-order valence-electron chi connectivity index (χ0n) is 21.6. The molecule has 0 saturated carbocycles. The maximum atomic E-state index is 4.87. The molecular weight excluding hydrogens is 462 g/mol. The number of nitrogens with zero attached hydrogens (tertiary/aromatic N) is 3. The van der Waals surface area contributed by atoms with E-state index in [-0.39, 0.29) is 0 Å². The second-order valence-electron chi connectivity index (χ2n) is 10.0. The van der Waals surface area contributed by atoms with Crippen LogP contribution in [0.1, 0.15) is 22.3 Å². The van der Waals surface area contributed by atoms with Crippen LogP contribution in [-0.4, -0.2) is 14.1 Å². The monoisotopic (exact) mass is 489 g/mol. The lowest BCUT2D eigenvalue weighted by Gasteiger charge is -2.12. The van der Waals surface area contributed by atoms with Crippen LogP contribution in [0.25, 0.3) is 67.3 Å². The number of rotatable bonds is 4. The van der Waals surface area contributed by atoms with Crippen molar-refractivity contribution >= 4 is 55.8 Å². The van der Waals surface area contributed by atoms with Gasteiger partial charge >= 0.3 is 0 Å². The normalized spacial score (nSPS) is 11.6. The predicted molar refractivity (Wildman–Crippen MR) is 163 cm³/mol. The first-order chi connectivity index (χ1) is 18.6. The van der Waals surface area contributed by atoms with Gasteiger partial charge in [0, 0.05) is 33.8 Å². The van der Waals surface area contributed by atoms with Gasteiger partial charge in [0.15, 0.2) is 0 Å². The summed E-state index contributed by atoms with van der Waals surface area (Å²) in [6.45, 7) is 12.3. The molecule has 0 unspecified atom stereocenters. The Balaban J connectivity index is 1.53. The van der Waals surface area contributed by atoms with Crippen LogP contribution >= 0.6 is 0 Å². The minimum atomic E-state index is 0.899. The molecule has 0 atom stereocenters. The molecule has 0 aliphatic heterocycles. The first kappa shape index (κ1) is 22.3. The fraction of sp³-hybridized carbons (Fsp3) is 0.0571. The van der Waals surface area contributed by atoms with Crippen molar-refractivity contribution in [2.24, 2.45) is 0 Å². The molecule has 3 heterocycles. The zero-order valence-corrected chi connectivity index (χ0v) is 21.6. The van der Waals surface area contributed by atoms with Crippen LogP contribution in [0.5, 0.6) is 0 Å². The highest BCUT2D eigenvalue weighted by Gasteiger charge is 2.17. The Bertz CT molecular complexity index is 1960. The van der Waals surface area contributed by atoms with Gasteiger partial charge in [-0.15, -0.1) is 0 Å². The van der Waals surface area contributed by atoms with Crippen molar-refractivity contribution in [3.63, 3.8) is 0 Å². The van der Waals surface area contributed by atoms with Gasteiger partial charge in [-0.3, -0.25) is 4.57 Å². The maximum Gasteiger partial charge on any atom is 0.139 e. The topological polar surface area (TPSA) is 22.8 Å². The fourth-order valence-electron chi connectivity index (χ4n) is 5.76. The summed E-state index contributed by atoms with van der Waals surface area (Å²) >= 11 is 0. The van der Waals surface area contributed by atoms with Gasteiger partial charge in [0.1, 0.15) is 5.82 Å². The van der Waals surface area contributed by atoms with Crippen LogP contribution in [0.2, 0.25) is 0 Å². The molecule has 0 spiro atoms. The van der Waals surface area contributed by atoms with E-state index in [0.29, 0.717) is 0 Å². The molecule has 0 aliphatic rings. The Morgan fingerprint density at radius 2 is 1.03 bits per heavy atom. The smallest absolute Gasteiger partial charge is 0.139 e. The number of aromatic nitrogens is 3. The molecule has 182 valence electrons. The summed E-state index contributed by atoms with van der Waals surface area (Å²) in [5.74, 6) is 0.899. The van der Waals surface area contributed by atoms with E-state index in [9.17, 15) is 0 Å². The van der Waals surface area contributed by atoms with Gasteiger partial charge in [-0.05, 0) is 79.6 Å². The van der Waals surface area contributed by atoms with Crippen molar-refractivity contribution in [2.75, 3.05) is 0 Å². The van der Waals surface area contributed by atoms with Crippen molar-refractivity contribution in [3.8, 4) is 11.5 Å². The van der Waals surface area contributed by atoms with Crippen molar-refractivity contribution < 1.29 is 0 Å². The van der Waals surface area contributed by atoms with E-state index in [1.807, 2.05) is 18.3 Å². The number of benzene rings is 4. The quantitative estimate of drug-likeness (QED) is 0.242. The van der Waals surface area contributed by atoms with Crippen molar-refractivity contribution in [2.45, 2.75) is 13.8 Å². The lowest BCUT2D eigenvalue weighted by atomic mass is 10.1.